The SMILES string of the molecule is CC(=O)N(C[C@H]1CN(c2ccc(N3CCN(C(=O)CO)CC3)c(F)c2)C(=O)O1)C(=O)CC(C)(C)c1cc(P(=O)(O)CP(=O)(O)O)ccc1OP(=O)(O)O. The number of aliphatic hydroxyl groups is 1. The zero-order valence-electron chi connectivity index (χ0n) is 28.8. The minimum atomic E-state index is -5.23. The minimum Gasteiger partial charge on any atom is -0.442 e. The largest absolute Gasteiger partial charge is 0.524 e. The predicted octanol–water partition coefficient (Wildman–Crippen LogP) is 1.04. The molecule has 2 aliphatic rings. The van der Waals surface area contributed by atoms with Gasteiger partial charge in [-0.1, -0.05) is 13.8 Å². The second-order valence-electron chi connectivity index (χ2n) is 13.1. The van der Waals surface area contributed by atoms with Gasteiger partial charge in [0.15, 0.2) is 0 Å². The molecule has 4 rings (SSSR count). The first-order valence-corrected chi connectivity index (χ1v) is 21.1. The summed E-state index contributed by atoms with van der Waals surface area (Å²) < 4.78 is 61.5. The average molecular weight is 809 g/mol. The van der Waals surface area contributed by atoms with Gasteiger partial charge in [-0.25, -0.2) is 13.8 Å². The summed E-state index contributed by atoms with van der Waals surface area (Å²) in [7, 11) is -15.0. The summed E-state index contributed by atoms with van der Waals surface area (Å²) in [5.74, 6) is -4.66. The van der Waals surface area contributed by atoms with Gasteiger partial charge >= 0.3 is 21.5 Å². The molecule has 19 nitrogen and oxygen atoms in total. The molecule has 53 heavy (non-hydrogen) atoms. The molecule has 1 unspecified atom stereocenters. The lowest BCUT2D eigenvalue weighted by molar-refractivity contribution is -0.145. The van der Waals surface area contributed by atoms with Gasteiger partial charge < -0.3 is 38.8 Å². The van der Waals surface area contributed by atoms with Crippen molar-refractivity contribution in [3.8, 4) is 5.75 Å². The minimum absolute atomic E-state index is 0.132. The lowest BCUT2D eigenvalue weighted by Gasteiger charge is -2.36. The van der Waals surface area contributed by atoms with E-state index in [0.717, 1.165) is 41.0 Å². The molecule has 0 saturated carbocycles. The number of phosphoric acid groups is 1. The molecule has 2 aliphatic heterocycles. The summed E-state index contributed by atoms with van der Waals surface area (Å²) in [6.07, 6.45) is -2.53. The number of ether oxygens (including phenoxy) is 1. The van der Waals surface area contributed by atoms with Crippen LogP contribution in [0.4, 0.5) is 20.6 Å². The molecule has 23 heteroatoms. The fraction of sp³-hybridized carbons (Fsp3) is 0.467. The number of halogens is 1. The van der Waals surface area contributed by atoms with E-state index >= 15 is 4.39 Å². The fourth-order valence-electron chi connectivity index (χ4n) is 6.03. The fourth-order valence-corrected chi connectivity index (χ4v) is 9.73. The van der Waals surface area contributed by atoms with Crippen molar-refractivity contribution < 1.29 is 76.1 Å². The Morgan fingerprint density at radius 1 is 1.00 bits per heavy atom. The highest BCUT2D eigenvalue weighted by Crippen LogP contribution is 2.55. The highest BCUT2D eigenvalue weighted by molar-refractivity contribution is 7.77. The number of hydrogen-bond donors (Lipinski definition) is 6. The zero-order chi connectivity index (χ0) is 39.7. The number of imide groups is 1. The molecule has 2 heterocycles. The van der Waals surface area contributed by atoms with Crippen LogP contribution in [0.2, 0.25) is 0 Å². The maximum Gasteiger partial charge on any atom is 0.524 e. The van der Waals surface area contributed by atoms with E-state index in [1.165, 1.54) is 30.9 Å². The second-order valence-corrected chi connectivity index (χ2v) is 18.7. The molecule has 2 atom stereocenters. The Balaban J connectivity index is 1.50. The topological polar surface area (TPSA) is 272 Å². The third-order valence-electron chi connectivity index (χ3n) is 8.57. The molecule has 2 aromatic carbocycles. The van der Waals surface area contributed by atoms with Crippen LogP contribution in [-0.4, -0.2) is 121 Å². The molecular weight excluding hydrogens is 768 g/mol. The molecule has 2 fully saturated rings. The number of benzene rings is 2. The third kappa shape index (κ3) is 10.7. The Bertz CT molecular complexity index is 1910. The Morgan fingerprint density at radius 2 is 1.64 bits per heavy atom. The first-order chi connectivity index (χ1) is 24.4. The predicted molar refractivity (Wildman–Crippen MR) is 185 cm³/mol. The smallest absolute Gasteiger partial charge is 0.442 e. The summed E-state index contributed by atoms with van der Waals surface area (Å²) in [4.78, 5) is 104. The van der Waals surface area contributed by atoms with Crippen molar-refractivity contribution in [2.45, 2.75) is 38.7 Å². The highest BCUT2D eigenvalue weighted by atomic mass is 31.2. The van der Waals surface area contributed by atoms with Crippen LogP contribution in [-0.2, 0) is 38.2 Å². The summed E-state index contributed by atoms with van der Waals surface area (Å²) in [5.41, 5.74) is -1.35. The zero-order valence-corrected chi connectivity index (χ0v) is 31.5. The van der Waals surface area contributed by atoms with Gasteiger partial charge in [-0.3, -0.25) is 43.1 Å². The summed E-state index contributed by atoms with van der Waals surface area (Å²) in [5, 5.41) is 8.57. The van der Waals surface area contributed by atoms with Gasteiger partial charge in [0.25, 0.3) is 0 Å². The van der Waals surface area contributed by atoms with Gasteiger partial charge in [0.2, 0.25) is 25.1 Å². The standard InChI is InChI=1S/C30H40FN4O15P3/c1-19(37)34(27(38)14-30(2,3)23-13-22(51(41,42)18-52(43,44)45)5-7-26(23)50-53(46,47)48)15-21-16-35(29(40)49-21)20-4-6-25(24(31)12-20)32-8-10-33(11-9-32)28(39)17-36/h4-7,12-13,21,36H,8-11,14-18H2,1-3H3,(H,41,42)(H2,43,44,45)(H2,46,47,48)/t21-/m0/s1. The number of aliphatic hydroxyl groups excluding tert-OH is 1. The van der Waals surface area contributed by atoms with E-state index in [9.17, 15) is 57.3 Å². The van der Waals surface area contributed by atoms with Crippen molar-refractivity contribution in [2.24, 2.45) is 0 Å². The Morgan fingerprint density at radius 3 is 2.19 bits per heavy atom. The lowest BCUT2D eigenvalue weighted by atomic mass is 9.80. The molecular formula is C30H40FN4O15P3. The van der Waals surface area contributed by atoms with Crippen LogP contribution in [0, 0.1) is 5.82 Å². The number of piperazine rings is 1. The molecule has 292 valence electrons. The van der Waals surface area contributed by atoms with E-state index in [1.807, 2.05) is 0 Å². The van der Waals surface area contributed by atoms with E-state index in [2.05, 4.69) is 0 Å². The number of cyclic esters (lactones) is 1. The van der Waals surface area contributed by atoms with Crippen LogP contribution in [0.5, 0.6) is 5.75 Å². The molecule has 0 bridgehead atoms. The Kier molecular flexibility index (Phi) is 12.7. The first kappa shape index (κ1) is 42.0. The number of anilines is 2. The normalized spacial score (nSPS) is 18.0. The van der Waals surface area contributed by atoms with E-state index < -0.39 is 100 Å². The van der Waals surface area contributed by atoms with Gasteiger partial charge in [0, 0.05) is 55.8 Å². The van der Waals surface area contributed by atoms with Crippen molar-refractivity contribution >= 4 is 63.3 Å². The quantitative estimate of drug-likeness (QED) is 0.154. The maximum atomic E-state index is 15.3. The van der Waals surface area contributed by atoms with Crippen LogP contribution < -0.4 is 19.6 Å². The third-order valence-corrected chi connectivity index (χ3v) is 13.1. The van der Waals surface area contributed by atoms with E-state index in [0.29, 0.717) is 13.1 Å². The van der Waals surface area contributed by atoms with Gasteiger partial charge in [0.1, 0.15) is 30.2 Å². The number of carbonyl (C=O) groups excluding carboxylic acids is 4. The molecule has 0 radical (unpaired) electrons. The van der Waals surface area contributed by atoms with E-state index in [4.69, 9.17) is 14.4 Å². The Labute approximate surface area is 302 Å². The summed E-state index contributed by atoms with van der Waals surface area (Å²) in [6, 6.07) is 6.81. The summed E-state index contributed by atoms with van der Waals surface area (Å²) >= 11 is 0. The van der Waals surface area contributed by atoms with Gasteiger partial charge in [-0.05, 0) is 36.4 Å². The van der Waals surface area contributed by atoms with E-state index in [1.54, 1.807) is 4.90 Å². The molecule has 0 aromatic heterocycles. The van der Waals surface area contributed by atoms with Crippen molar-refractivity contribution in [2.75, 3.05) is 61.6 Å². The van der Waals surface area contributed by atoms with Crippen LogP contribution in [0.25, 0.3) is 0 Å². The van der Waals surface area contributed by atoms with Crippen LogP contribution in [0.1, 0.15) is 32.8 Å². The van der Waals surface area contributed by atoms with Crippen molar-refractivity contribution in [1.29, 1.82) is 0 Å². The van der Waals surface area contributed by atoms with Crippen molar-refractivity contribution in [3.63, 3.8) is 0 Å². The average Bonchev–Trinajstić information content (AvgIpc) is 3.40. The molecule has 4 amide bonds. The second kappa shape index (κ2) is 16.0. The van der Waals surface area contributed by atoms with Crippen LogP contribution in [0.3, 0.4) is 0 Å². The molecule has 6 N–H and O–H groups in total. The van der Waals surface area contributed by atoms with Gasteiger partial charge in [-0.15, -0.1) is 0 Å². The molecule has 0 spiro atoms. The first-order valence-electron chi connectivity index (χ1n) is 15.9. The molecule has 2 aromatic rings. The number of nitrogens with zero attached hydrogens (tertiary/aromatic N) is 4. The van der Waals surface area contributed by atoms with Crippen molar-refractivity contribution in [1.82, 2.24) is 9.80 Å². The number of amides is 4. The monoisotopic (exact) mass is 808 g/mol. The molecule has 2 saturated heterocycles. The molecule has 0 aliphatic carbocycles. The van der Waals surface area contributed by atoms with Gasteiger partial charge in [-0.2, -0.15) is 0 Å². The summed E-state index contributed by atoms with van der Waals surface area (Å²) in [6.45, 7) is 3.78. The van der Waals surface area contributed by atoms with Crippen LogP contribution in [0.15, 0.2) is 36.4 Å². The van der Waals surface area contributed by atoms with Crippen LogP contribution >= 0.6 is 22.8 Å². The van der Waals surface area contributed by atoms with Crippen molar-refractivity contribution in [3.05, 3.63) is 47.8 Å². The maximum absolute atomic E-state index is 15.3. The lowest BCUT2D eigenvalue weighted by Crippen LogP contribution is -2.49. The number of rotatable bonds is 13. The number of phosphoric ester groups is 1. The highest BCUT2D eigenvalue weighted by Gasteiger charge is 2.39. The van der Waals surface area contributed by atoms with E-state index in [-0.39, 0.29) is 36.6 Å². The van der Waals surface area contributed by atoms with Gasteiger partial charge in [0.05, 0.1) is 24.5 Å². The number of hydrogen-bond acceptors (Lipinski definition) is 11. The number of carbonyl (C=O) groups is 4. The Hall–Kier alpha value is -3.70.